The Labute approximate surface area is 68.1 Å². The predicted molar refractivity (Wildman–Crippen MR) is 46.1 cm³/mol. The van der Waals surface area contributed by atoms with Crippen LogP contribution in [-0.4, -0.2) is 5.11 Å². The van der Waals surface area contributed by atoms with Crippen molar-refractivity contribution < 1.29 is 5.11 Å². The summed E-state index contributed by atoms with van der Waals surface area (Å²) in [5.41, 5.74) is 1.06. The monoisotopic (exact) mass is 198 g/mol. The molecule has 2 heteroatoms. The molecule has 0 atom stereocenters. The molecule has 0 aliphatic carbocycles. The van der Waals surface area contributed by atoms with Gasteiger partial charge in [-0.2, -0.15) is 0 Å². The van der Waals surface area contributed by atoms with Crippen molar-refractivity contribution in [2.75, 3.05) is 0 Å². The molecular formula is C8H7BrO. The first-order chi connectivity index (χ1) is 4.83. The summed E-state index contributed by atoms with van der Waals surface area (Å²) in [7, 11) is 0. The molecule has 1 nitrogen and oxygen atoms in total. The zero-order valence-corrected chi connectivity index (χ0v) is 6.88. The molecule has 0 amide bonds. The molecule has 0 fully saturated rings. The highest BCUT2D eigenvalue weighted by Crippen LogP contribution is 2.10. The van der Waals surface area contributed by atoms with Crippen LogP contribution in [0.2, 0.25) is 0 Å². The van der Waals surface area contributed by atoms with E-state index in [2.05, 4.69) is 15.9 Å². The summed E-state index contributed by atoms with van der Waals surface area (Å²) in [4.78, 5) is 1.78. The average molecular weight is 199 g/mol. The molecule has 0 saturated heterocycles. The van der Waals surface area contributed by atoms with E-state index in [1.807, 2.05) is 18.2 Å². The summed E-state index contributed by atoms with van der Waals surface area (Å²) >= 11 is 3.16. The Morgan fingerprint density at radius 3 is 2.30 bits per heavy atom. The van der Waals surface area contributed by atoms with Gasteiger partial charge in [-0.25, -0.2) is 0 Å². The summed E-state index contributed by atoms with van der Waals surface area (Å²) < 4.78 is 0. The van der Waals surface area contributed by atoms with Crippen molar-refractivity contribution in [3.8, 4) is 5.75 Å². The third-order valence-corrected chi connectivity index (χ3v) is 1.41. The van der Waals surface area contributed by atoms with Gasteiger partial charge in [0.1, 0.15) is 5.75 Å². The second-order valence-corrected chi connectivity index (χ2v) is 2.41. The molecule has 0 spiro atoms. The Bertz CT molecular complexity index is 226. The molecule has 0 aliphatic rings. The maximum Gasteiger partial charge on any atom is 0.115 e. The van der Waals surface area contributed by atoms with Crippen molar-refractivity contribution in [3.05, 3.63) is 34.8 Å². The number of phenolic OH excluding ortho intramolecular Hbond substituents is 1. The Kier molecular flexibility index (Phi) is 2.51. The Balaban J connectivity index is 2.89. The molecule has 10 heavy (non-hydrogen) atoms. The highest BCUT2D eigenvalue weighted by molar-refractivity contribution is 9.11. The Morgan fingerprint density at radius 2 is 1.80 bits per heavy atom. The van der Waals surface area contributed by atoms with E-state index in [-0.39, 0.29) is 0 Å². The van der Waals surface area contributed by atoms with Crippen LogP contribution in [-0.2, 0) is 0 Å². The van der Waals surface area contributed by atoms with Crippen molar-refractivity contribution in [1.29, 1.82) is 0 Å². The third-order valence-electron chi connectivity index (χ3n) is 1.15. The molecule has 0 bridgehead atoms. The molecule has 1 aromatic carbocycles. The summed E-state index contributed by atoms with van der Waals surface area (Å²) in [5, 5.41) is 8.89. The Morgan fingerprint density at radius 1 is 1.20 bits per heavy atom. The molecule has 0 radical (unpaired) electrons. The minimum absolute atomic E-state index is 0.298. The smallest absolute Gasteiger partial charge is 0.115 e. The van der Waals surface area contributed by atoms with Crippen LogP contribution in [0.3, 0.4) is 0 Å². The van der Waals surface area contributed by atoms with Crippen LogP contribution < -0.4 is 0 Å². The molecule has 52 valence electrons. The second kappa shape index (κ2) is 3.42. The SMILES string of the molecule is Oc1ccc(C=CBr)cc1. The van der Waals surface area contributed by atoms with E-state index in [4.69, 9.17) is 5.11 Å². The number of phenols is 1. The lowest BCUT2D eigenvalue weighted by Crippen LogP contribution is -1.67. The lowest BCUT2D eigenvalue weighted by atomic mass is 10.2. The van der Waals surface area contributed by atoms with Gasteiger partial charge in [-0.15, -0.1) is 0 Å². The zero-order valence-electron chi connectivity index (χ0n) is 5.29. The standard InChI is InChI=1S/C8H7BrO/c9-6-5-7-1-3-8(10)4-2-7/h1-6,10H. The van der Waals surface area contributed by atoms with E-state index in [9.17, 15) is 0 Å². The van der Waals surface area contributed by atoms with Crippen LogP contribution in [0.5, 0.6) is 5.75 Å². The molecule has 0 saturated carbocycles. The third kappa shape index (κ3) is 1.88. The summed E-state index contributed by atoms with van der Waals surface area (Å²) in [6.45, 7) is 0. The Hall–Kier alpha value is -0.760. The van der Waals surface area contributed by atoms with E-state index in [0.29, 0.717) is 5.75 Å². The van der Waals surface area contributed by atoms with Gasteiger partial charge in [0.15, 0.2) is 0 Å². The van der Waals surface area contributed by atoms with Crippen LogP contribution >= 0.6 is 15.9 Å². The van der Waals surface area contributed by atoms with Crippen molar-refractivity contribution in [2.24, 2.45) is 0 Å². The zero-order chi connectivity index (χ0) is 7.40. The van der Waals surface area contributed by atoms with E-state index < -0.39 is 0 Å². The second-order valence-electron chi connectivity index (χ2n) is 1.88. The predicted octanol–water partition coefficient (Wildman–Crippen LogP) is 2.76. The van der Waals surface area contributed by atoms with Crippen LogP contribution in [0.1, 0.15) is 5.56 Å². The van der Waals surface area contributed by atoms with Crippen molar-refractivity contribution >= 4 is 22.0 Å². The first-order valence-electron chi connectivity index (χ1n) is 2.89. The molecule has 0 aromatic heterocycles. The number of halogens is 1. The lowest BCUT2D eigenvalue weighted by Gasteiger charge is -1.91. The first-order valence-corrected chi connectivity index (χ1v) is 3.80. The highest BCUT2D eigenvalue weighted by atomic mass is 79.9. The fourth-order valence-corrected chi connectivity index (χ4v) is 0.963. The molecule has 1 rings (SSSR count). The number of hydrogen-bond acceptors (Lipinski definition) is 1. The topological polar surface area (TPSA) is 20.2 Å². The summed E-state index contributed by atoms with van der Waals surface area (Å²) in [6.07, 6.45) is 1.90. The van der Waals surface area contributed by atoms with Crippen LogP contribution in [0.4, 0.5) is 0 Å². The van der Waals surface area contributed by atoms with Gasteiger partial charge < -0.3 is 5.11 Å². The number of rotatable bonds is 1. The van der Waals surface area contributed by atoms with Crippen molar-refractivity contribution in [3.63, 3.8) is 0 Å². The largest absolute Gasteiger partial charge is 0.508 e. The fourth-order valence-electron chi connectivity index (χ4n) is 0.658. The van der Waals surface area contributed by atoms with E-state index in [1.165, 1.54) is 0 Å². The minimum Gasteiger partial charge on any atom is -0.508 e. The van der Waals surface area contributed by atoms with Crippen molar-refractivity contribution in [2.45, 2.75) is 0 Å². The highest BCUT2D eigenvalue weighted by Gasteiger charge is 1.85. The van der Waals surface area contributed by atoms with Gasteiger partial charge in [0.25, 0.3) is 0 Å². The van der Waals surface area contributed by atoms with E-state index in [0.717, 1.165) is 5.56 Å². The van der Waals surface area contributed by atoms with Gasteiger partial charge in [-0.1, -0.05) is 28.1 Å². The van der Waals surface area contributed by atoms with Gasteiger partial charge in [-0.05, 0) is 28.8 Å². The van der Waals surface area contributed by atoms with Gasteiger partial charge >= 0.3 is 0 Å². The normalized spacial score (nSPS) is 10.5. The van der Waals surface area contributed by atoms with Gasteiger partial charge in [0, 0.05) is 0 Å². The maximum absolute atomic E-state index is 8.89. The quantitative estimate of drug-likeness (QED) is 0.737. The van der Waals surface area contributed by atoms with Crippen molar-refractivity contribution in [1.82, 2.24) is 0 Å². The van der Waals surface area contributed by atoms with Gasteiger partial charge in [-0.3, -0.25) is 0 Å². The first kappa shape index (κ1) is 7.35. The minimum atomic E-state index is 0.298. The number of aromatic hydroxyl groups is 1. The number of benzene rings is 1. The van der Waals surface area contributed by atoms with Gasteiger partial charge in [0.2, 0.25) is 0 Å². The molecular weight excluding hydrogens is 192 g/mol. The summed E-state index contributed by atoms with van der Waals surface area (Å²) in [5.74, 6) is 0.298. The van der Waals surface area contributed by atoms with Crippen LogP contribution in [0.25, 0.3) is 6.08 Å². The van der Waals surface area contributed by atoms with Crippen LogP contribution in [0, 0.1) is 0 Å². The van der Waals surface area contributed by atoms with Gasteiger partial charge in [0.05, 0.1) is 0 Å². The van der Waals surface area contributed by atoms with E-state index >= 15 is 0 Å². The summed E-state index contributed by atoms with van der Waals surface area (Å²) in [6, 6.07) is 6.99. The molecule has 1 aromatic rings. The average Bonchev–Trinajstić information content (AvgIpc) is 1.95. The fraction of sp³-hybridized carbons (Fsp3) is 0. The van der Waals surface area contributed by atoms with Crippen LogP contribution in [0.15, 0.2) is 29.3 Å². The molecule has 0 aliphatic heterocycles. The molecule has 1 N–H and O–H groups in total. The lowest BCUT2D eigenvalue weighted by molar-refractivity contribution is 0.475. The van der Waals surface area contributed by atoms with E-state index in [1.54, 1.807) is 17.1 Å². The molecule has 0 unspecified atom stereocenters. The number of hydrogen-bond donors (Lipinski definition) is 1. The molecule has 0 heterocycles. The maximum atomic E-state index is 8.89.